The van der Waals surface area contributed by atoms with Gasteiger partial charge in [0.05, 0.1) is 19.3 Å². The number of hydrogen-bond donors (Lipinski definition) is 1. The Labute approximate surface area is 192 Å². The molecule has 4 aliphatic carbocycles. The van der Waals surface area contributed by atoms with Crippen LogP contribution in [0.4, 0.5) is 0 Å². The maximum atomic E-state index is 9.13. The number of unbranched alkanes of at least 4 members (excludes halogenated alkanes) is 2. The molecule has 7 atom stereocenters. The third kappa shape index (κ3) is 4.68. The third-order valence-electron chi connectivity index (χ3n) is 10.5. The summed E-state index contributed by atoms with van der Waals surface area (Å²) in [6.45, 7) is 10.7. The maximum absolute atomic E-state index is 9.13. The molecular weight excluding hydrogens is 380 g/mol. The summed E-state index contributed by atoms with van der Waals surface area (Å²) < 4.78 is 5.94. The predicted molar refractivity (Wildman–Crippen MR) is 130 cm³/mol. The standard InChI is InChI=1S/C29H50O2/c1-21(2)8-6-5-7-9-22-11-13-26-25-12-10-23-20-24(31-19-18-30)14-16-29(23,4)27(25)15-17-28(22,26)3/h10,21-22,24-27,30H,5-9,11-20H2,1-4H3. The van der Waals surface area contributed by atoms with Gasteiger partial charge in [-0.3, -0.25) is 0 Å². The normalized spacial score (nSPS) is 42.1. The molecule has 0 spiro atoms. The number of aliphatic hydroxyl groups is 1. The van der Waals surface area contributed by atoms with Crippen molar-refractivity contribution < 1.29 is 9.84 Å². The Morgan fingerprint density at radius 3 is 2.65 bits per heavy atom. The van der Waals surface area contributed by atoms with Gasteiger partial charge in [-0.25, -0.2) is 0 Å². The zero-order valence-electron chi connectivity index (χ0n) is 21.0. The SMILES string of the molecule is CC(C)CCCCCC1CCC2C3CC=C4CC(OCCO)CCC4(C)C3CCC12C. The minimum Gasteiger partial charge on any atom is -0.394 e. The Bertz CT molecular complexity index is 624. The number of rotatable bonds is 9. The van der Waals surface area contributed by atoms with E-state index in [1.54, 1.807) is 5.57 Å². The molecule has 2 nitrogen and oxygen atoms in total. The molecule has 4 rings (SSSR count). The van der Waals surface area contributed by atoms with E-state index in [1.807, 2.05) is 0 Å². The molecule has 0 amide bonds. The second-order valence-electron chi connectivity index (χ2n) is 12.6. The van der Waals surface area contributed by atoms with Gasteiger partial charge in [0.25, 0.3) is 0 Å². The van der Waals surface area contributed by atoms with Crippen molar-refractivity contribution in [1.82, 2.24) is 0 Å². The van der Waals surface area contributed by atoms with E-state index in [0.29, 0.717) is 23.5 Å². The quantitative estimate of drug-likeness (QED) is 0.302. The number of allylic oxidation sites excluding steroid dienone is 1. The van der Waals surface area contributed by atoms with Crippen LogP contribution in [-0.2, 0) is 4.74 Å². The lowest BCUT2D eigenvalue weighted by Crippen LogP contribution is -2.50. The minimum atomic E-state index is 0.149. The summed E-state index contributed by atoms with van der Waals surface area (Å²) in [4.78, 5) is 0. The number of fused-ring (bicyclic) bond motifs is 5. The Hall–Kier alpha value is -0.340. The van der Waals surface area contributed by atoms with Crippen molar-refractivity contribution in [3.8, 4) is 0 Å². The molecule has 3 saturated carbocycles. The first-order valence-electron chi connectivity index (χ1n) is 13.8. The fourth-order valence-corrected chi connectivity index (χ4v) is 8.69. The van der Waals surface area contributed by atoms with Crippen molar-refractivity contribution >= 4 is 0 Å². The highest BCUT2D eigenvalue weighted by Crippen LogP contribution is 2.66. The Balaban J connectivity index is 1.38. The summed E-state index contributed by atoms with van der Waals surface area (Å²) >= 11 is 0. The smallest absolute Gasteiger partial charge is 0.0701 e. The fourth-order valence-electron chi connectivity index (χ4n) is 8.69. The van der Waals surface area contributed by atoms with E-state index in [0.717, 1.165) is 36.0 Å². The number of ether oxygens (including phenoxy) is 1. The number of aliphatic hydroxyl groups excluding tert-OH is 1. The van der Waals surface area contributed by atoms with E-state index in [-0.39, 0.29) is 6.61 Å². The molecule has 1 N–H and O–H groups in total. The summed E-state index contributed by atoms with van der Waals surface area (Å²) in [5.74, 6) is 4.64. The van der Waals surface area contributed by atoms with Crippen molar-refractivity contribution in [3.05, 3.63) is 11.6 Å². The molecule has 4 aliphatic rings. The van der Waals surface area contributed by atoms with Crippen molar-refractivity contribution in [2.75, 3.05) is 13.2 Å². The first-order chi connectivity index (χ1) is 14.9. The summed E-state index contributed by atoms with van der Waals surface area (Å²) in [5, 5.41) is 9.13. The Kier molecular flexibility index (Phi) is 7.59. The lowest BCUT2D eigenvalue weighted by molar-refractivity contribution is -0.0610. The molecule has 0 aromatic carbocycles. The van der Waals surface area contributed by atoms with E-state index in [1.165, 1.54) is 77.0 Å². The monoisotopic (exact) mass is 430 g/mol. The van der Waals surface area contributed by atoms with Crippen LogP contribution in [0.2, 0.25) is 0 Å². The molecule has 0 aromatic heterocycles. The van der Waals surface area contributed by atoms with Crippen molar-refractivity contribution in [2.45, 2.75) is 117 Å². The first kappa shape index (κ1) is 23.8. The summed E-state index contributed by atoms with van der Waals surface area (Å²) in [6, 6.07) is 0. The van der Waals surface area contributed by atoms with E-state index in [4.69, 9.17) is 9.84 Å². The van der Waals surface area contributed by atoms with Crippen LogP contribution in [0.15, 0.2) is 11.6 Å². The van der Waals surface area contributed by atoms with Gasteiger partial charge in [-0.05, 0) is 98.2 Å². The van der Waals surface area contributed by atoms with Gasteiger partial charge in [-0.2, -0.15) is 0 Å². The Morgan fingerprint density at radius 1 is 1.03 bits per heavy atom. The van der Waals surface area contributed by atoms with Crippen molar-refractivity contribution in [2.24, 2.45) is 40.4 Å². The second-order valence-corrected chi connectivity index (χ2v) is 12.6. The van der Waals surface area contributed by atoms with E-state index >= 15 is 0 Å². The highest BCUT2D eigenvalue weighted by atomic mass is 16.5. The van der Waals surface area contributed by atoms with Gasteiger partial charge in [0.1, 0.15) is 0 Å². The zero-order chi connectivity index (χ0) is 22.1. The Morgan fingerprint density at radius 2 is 1.87 bits per heavy atom. The third-order valence-corrected chi connectivity index (χ3v) is 10.5. The van der Waals surface area contributed by atoms with Crippen LogP contribution in [-0.4, -0.2) is 24.4 Å². The molecule has 0 heterocycles. The van der Waals surface area contributed by atoms with Gasteiger partial charge in [-0.15, -0.1) is 0 Å². The molecule has 3 fully saturated rings. The van der Waals surface area contributed by atoms with Crippen LogP contribution >= 0.6 is 0 Å². The highest BCUT2D eigenvalue weighted by Gasteiger charge is 2.58. The molecule has 0 aliphatic heterocycles. The zero-order valence-corrected chi connectivity index (χ0v) is 21.0. The summed E-state index contributed by atoms with van der Waals surface area (Å²) in [7, 11) is 0. The lowest BCUT2D eigenvalue weighted by atomic mass is 9.47. The average molecular weight is 431 g/mol. The van der Waals surface area contributed by atoms with Crippen LogP contribution in [0.25, 0.3) is 0 Å². The van der Waals surface area contributed by atoms with Crippen molar-refractivity contribution in [1.29, 1.82) is 0 Å². The minimum absolute atomic E-state index is 0.149. The second kappa shape index (κ2) is 9.88. The van der Waals surface area contributed by atoms with Gasteiger partial charge in [0.2, 0.25) is 0 Å². The van der Waals surface area contributed by atoms with Gasteiger partial charge in [0.15, 0.2) is 0 Å². The lowest BCUT2D eigenvalue weighted by Gasteiger charge is -2.58. The molecule has 0 aromatic rings. The molecule has 0 saturated heterocycles. The van der Waals surface area contributed by atoms with E-state index in [9.17, 15) is 0 Å². The van der Waals surface area contributed by atoms with Gasteiger partial charge < -0.3 is 9.84 Å². The van der Waals surface area contributed by atoms with Crippen molar-refractivity contribution in [3.63, 3.8) is 0 Å². The average Bonchev–Trinajstić information content (AvgIpc) is 3.08. The molecule has 2 heteroatoms. The topological polar surface area (TPSA) is 29.5 Å². The summed E-state index contributed by atoms with van der Waals surface area (Å²) in [5.41, 5.74) is 2.73. The summed E-state index contributed by atoms with van der Waals surface area (Å²) in [6.07, 6.45) is 21.1. The predicted octanol–water partition coefficient (Wildman–Crippen LogP) is 7.55. The maximum Gasteiger partial charge on any atom is 0.0701 e. The van der Waals surface area contributed by atoms with Crippen LogP contribution < -0.4 is 0 Å². The van der Waals surface area contributed by atoms with Crippen LogP contribution in [0, 0.1) is 40.4 Å². The molecular formula is C29H50O2. The number of hydrogen-bond acceptors (Lipinski definition) is 2. The van der Waals surface area contributed by atoms with Crippen LogP contribution in [0.3, 0.4) is 0 Å². The van der Waals surface area contributed by atoms with Crippen LogP contribution in [0.1, 0.15) is 111 Å². The molecule has 0 radical (unpaired) electrons. The van der Waals surface area contributed by atoms with E-state index in [2.05, 4.69) is 33.8 Å². The van der Waals surface area contributed by atoms with E-state index < -0.39 is 0 Å². The largest absolute Gasteiger partial charge is 0.394 e. The van der Waals surface area contributed by atoms with Gasteiger partial charge >= 0.3 is 0 Å². The molecule has 31 heavy (non-hydrogen) atoms. The van der Waals surface area contributed by atoms with Gasteiger partial charge in [0, 0.05) is 0 Å². The highest BCUT2D eigenvalue weighted by molar-refractivity contribution is 5.25. The first-order valence-corrected chi connectivity index (χ1v) is 13.8. The van der Waals surface area contributed by atoms with Gasteiger partial charge in [-0.1, -0.05) is 65.0 Å². The molecule has 7 unspecified atom stereocenters. The molecule has 0 bridgehead atoms. The van der Waals surface area contributed by atoms with Crippen LogP contribution in [0.5, 0.6) is 0 Å². The molecule has 178 valence electrons. The fraction of sp³-hybridized carbons (Fsp3) is 0.931.